The number of nitrogens with one attached hydrogen (secondary N) is 2. The molecule has 0 spiro atoms. The maximum Gasteiger partial charge on any atom is 0.246 e. The lowest BCUT2D eigenvalue weighted by Gasteiger charge is -2.32. The van der Waals surface area contributed by atoms with Crippen LogP contribution in [0.25, 0.3) is 0 Å². The van der Waals surface area contributed by atoms with Crippen molar-refractivity contribution in [3.8, 4) is 0 Å². The summed E-state index contributed by atoms with van der Waals surface area (Å²) in [6.07, 6.45) is 1.81. The molecule has 0 saturated carbocycles. The first-order valence-electron chi connectivity index (χ1n) is 9.56. The third-order valence-electron chi connectivity index (χ3n) is 5.35. The highest BCUT2D eigenvalue weighted by Gasteiger charge is 2.32. The van der Waals surface area contributed by atoms with E-state index < -0.39 is 0 Å². The molecule has 0 bridgehead atoms. The summed E-state index contributed by atoms with van der Waals surface area (Å²) >= 11 is 0. The number of hydrogen-bond acceptors (Lipinski definition) is 4. The first-order chi connectivity index (χ1) is 12.9. The fourth-order valence-electron chi connectivity index (χ4n) is 3.99. The molecule has 27 heavy (non-hydrogen) atoms. The molecule has 2 aliphatic heterocycles. The van der Waals surface area contributed by atoms with Crippen LogP contribution in [0.3, 0.4) is 0 Å². The quantitative estimate of drug-likeness (QED) is 0.844. The summed E-state index contributed by atoms with van der Waals surface area (Å²) in [6.45, 7) is 4.76. The van der Waals surface area contributed by atoms with Crippen molar-refractivity contribution < 1.29 is 14.4 Å². The molecule has 3 atom stereocenters. The molecule has 0 aromatic heterocycles. The molecular weight excluding hydrogens is 344 g/mol. The van der Waals surface area contributed by atoms with Crippen LogP contribution in [0, 0.1) is 5.92 Å². The van der Waals surface area contributed by atoms with Gasteiger partial charge in [0.15, 0.2) is 0 Å². The van der Waals surface area contributed by atoms with Crippen LogP contribution in [-0.2, 0) is 14.4 Å². The molecule has 2 heterocycles. The zero-order valence-electron chi connectivity index (χ0n) is 16.2. The van der Waals surface area contributed by atoms with E-state index in [4.69, 9.17) is 0 Å². The Hall–Kier alpha value is -2.41. The lowest BCUT2D eigenvalue weighted by molar-refractivity contribution is -0.138. The predicted octanol–water partition coefficient (Wildman–Crippen LogP) is 1.60. The number of likely N-dealkylation sites (N-methyl/N-ethyl adjacent to an activating group) is 1. The van der Waals surface area contributed by atoms with E-state index in [1.165, 1.54) is 4.90 Å². The molecule has 1 saturated heterocycles. The van der Waals surface area contributed by atoms with Crippen LogP contribution >= 0.6 is 0 Å². The molecule has 7 heteroatoms. The molecule has 1 fully saturated rings. The monoisotopic (exact) mass is 372 g/mol. The van der Waals surface area contributed by atoms with Crippen LogP contribution in [0.4, 0.5) is 11.4 Å². The Bertz CT molecular complexity index is 736. The molecule has 146 valence electrons. The van der Waals surface area contributed by atoms with E-state index in [0.717, 1.165) is 19.4 Å². The fraction of sp³-hybridized carbons (Fsp3) is 0.550. The van der Waals surface area contributed by atoms with Crippen LogP contribution < -0.4 is 15.5 Å². The summed E-state index contributed by atoms with van der Waals surface area (Å²) in [6, 6.07) is 7.32. The van der Waals surface area contributed by atoms with Crippen molar-refractivity contribution in [3.63, 3.8) is 0 Å². The summed E-state index contributed by atoms with van der Waals surface area (Å²) in [7, 11) is 1.69. The summed E-state index contributed by atoms with van der Waals surface area (Å²) in [4.78, 5) is 41.1. The van der Waals surface area contributed by atoms with Crippen molar-refractivity contribution in [2.24, 2.45) is 5.92 Å². The molecule has 7 nitrogen and oxygen atoms in total. The average molecular weight is 372 g/mol. The van der Waals surface area contributed by atoms with Crippen LogP contribution in [-0.4, -0.2) is 54.8 Å². The van der Waals surface area contributed by atoms with Crippen LogP contribution in [0.15, 0.2) is 24.3 Å². The number of fused-ring (bicyclic) bond motifs is 1. The first kappa shape index (κ1) is 19.4. The number of benzene rings is 1. The van der Waals surface area contributed by atoms with Crippen molar-refractivity contribution in [1.29, 1.82) is 0 Å². The number of anilines is 2. The number of nitrogens with zero attached hydrogens (tertiary/aromatic N) is 2. The summed E-state index contributed by atoms with van der Waals surface area (Å²) in [5, 5.41) is 6.19. The SMILES string of the molecule is CC1CC(=O)Nc2ccccc2N1C(=O)CN(C)C(=O)[C@H]1CCN[C@@H](C)C1. The highest BCUT2D eigenvalue weighted by Crippen LogP contribution is 2.31. The average Bonchev–Trinajstić information content (AvgIpc) is 2.75. The van der Waals surface area contributed by atoms with Crippen molar-refractivity contribution in [1.82, 2.24) is 10.2 Å². The predicted molar refractivity (Wildman–Crippen MR) is 104 cm³/mol. The Morgan fingerprint density at radius 1 is 1.26 bits per heavy atom. The minimum absolute atomic E-state index is 0.00398. The zero-order chi connectivity index (χ0) is 19.6. The van der Waals surface area contributed by atoms with Crippen LogP contribution in [0.1, 0.15) is 33.1 Å². The number of para-hydroxylation sites is 2. The van der Waals surface area contributed by atoms with Crippen LogP contribution in [0.5, 0.6) is 0 Å². The maximum atomic E-state index is 13.1. The van der Waals surface area contributed by atoms with E-state index in [0.29, 0.717) is 17.4 Å². The zero-order valence-corrected chi connectivity index (χ0v) is 16.2. The second-order valence-electron chi connectivity index (χ2n) is 7.65. The normalized spacial score (nSPS) is 25.2. The van der Waals surface area contributed by atoms with Gasteiger partial charge in [0.2, 0.25) is 17.7 Å². The molecule has 1 aromatic carbocycles. The number of piperidine rings is 1. The van der Waals surface area contributed by atoms with Crippen molar-refractivity contribution in [3.05, 3.63) is 24.3 Å². The first-order valence-corrected chi connectivity index (χ1v) is 9.56. The lowest BCUT2D eigenvalue weighted by atomic mass is 9.92. The van der Waals surface area contributed by atoms with Gasteiger partial charge in [-0.2, -0.15) is 0 Å². The van der Waals surface area contributed by atoms with Gasteiger partial charge < -0.3 is 20.4 Å². The molecule has 3 rings (SSSR count). The van der Waals surface area contributed by atoms with Gasteiger partial charge in [-0.3, -0.25) is 14.4 Å². The van der Waals surface area contributed by atoms with Crippen molar-refractivity contribution in [2.75, 3.05) is 30.4 Å². The smallest absolute Gasteiger partial charge is 0.246 e. The van der Waals surface area contributed by atoms with E-state index in [1.54, 1.807) is 18.0 Å². The molecule has 0 radical (unpaired) electrons. The van der Waals surface area contributed by atoms with E-state index in [2.05, 4.69) is 17.6 Å². The van der Waals surface area contributed by atoms with Crippen LogP contribution in [0.2, 0.25) is 0 Å². The third-order valence-corrected chi connectivity index (χ3v) is 5.35. The Morgan fingerprint density at radius 3 is 2.74 bits per heavy atom. The number of carbonyl (C=O) groups excluding carboxylic acids is 3. The molecule has 3 amide bonds. The summed E-state index contributed by atoms with van der Waals surface area (Å²) in [5.41, 5.74) is 1.30. The number of rotatable bonds is 3. The van der Waals surface area contributed by atoms with E-state index in [1.807, 2.05) is 25.1 Å². The number of carbonyl (C=O) groups is 3. The molecule has 2 aliphatic rings. The van der Waals surface area contributed by atoms with E-state index >= 15 is 0 Å². The van der Waals surface area contributed by atoms with Crippen molar-refractivity contribution in [2.45, 2.75) is 45.2 Å². The summed E-state index contributed by atoms with van der Waals surface area (Å²) in [5.74, 6) is -0.319. The maximum absolute atomic E-state index is 13.1. The standard InChI is InChI=1S/C20H28N4O3/c1-13-10-15(8-9-21-13)20(27)23(3)12-19(26)24-14(2)11-18(25)22-16-6-4-5-7-17(16)24/h4-7,13-15,21H,8-12H2,1-3H3,(H,22,25)/t13-,14?,15-/m0/s1. The Balaban J connectivity index is 1.74. The van der Waals surface area contributed by atoms with Gasteiger partial charge in [0.1, 0.15) is 0 Å². The Kier molecular flexibility index (Phi) is 5.79. The minimum atomic E-state index is -0.274. The van der Waals surface area contributed by atoms with Gasteiger partial charge in [-0.1, -0.05) is 12.1 Å². The molecule has 1 aromatic rings. The largest absolute Gasteiger partial charge is 0.336 e. The highest BCUT2D eigenvalue weighted by atomic mass is 16.2. The van der Waals surface area contributed by atoms with Gasteiger partial charge >= 0.3 is 0 Å². The van der Waals surface area contributed by atoms with Gasteiger partial charge in [0.05, 0.1) is 17.9 Å². The Morgan fingerprint density at radius 2 is 2.00 bits per heavy atom. The molecule has 1 unspecified atom stereocenters. The molecule has 0 aliphatic carbocycles. The third kappa shape index (κ3) is 4.30. The number of hydrogen-bond donors (Lipinski definition) is 2. The summed E-state index contributed by atoms with van der Waals surface area (Å²) < 4.78 is 0. The van der Waals surface area contributed by atoms with Gasteiger partial charge in [-0.25, -0.2) is 0 Å². The minimum Gasteiger partial charge on any atom is -0.336 e. The van der Waals surface area contributed by atoms with Gasteiger partial charge in [0.25, 0.3) is 0 Å². The van der Waals surface area contributed by atoms with Crippen molar-refractivity contribution >= 4 is 29.1 Å². The van der Waals surface area contributed by atoms with E-state index in [-0.39, 0.29) is 42.6 Å². The topological polar surface area (TPSA) is 81.8 Å². The second kappa shape index (κ2) is 8.08. The fourth-order valence-corrected chi connectivity index (χ4v) is 3.99. The van der Waals surface area contributed by atoms with Gasteiger partial charge in [-0.05, 0) is 45.4 Å². The highest BCUT2D eigenvalue weighted by molar-refractivity contribution is 6.05. The molecular formula is C20H28N4O3. The van der Waals surface area contributed by atoms with E-state index in [9.17, 15) is 14.4 Å². The lowest BCUT2D eigenvalue weighted by Crippen LogP contribution is -2.48. The van der Waals surface area contributed by atoms with Gasteiger partial charge in [-0.15, -0.1) is 0 Å². The Labute approximate surface area is 160 Å². The second-order valence-corrected chi connectivity index (χ2v) is 7.65. The molecule has 2 N–H and O–H groups in total. The van der Waals surface area contributed by atoms with Gasteiger partial charge in [0, 0.05) is 31.5 Å². The number of amides is 3.